The highest BCUT2D eigenvalue weighted by molar-refractivity contribution is 7.99. The number of nitriles is 1. The van der Waals surface area contributed by atoms with Gasteiger partial charge in [0.25, 0.3) is 0 Å². The highest BCUT2D eigenvalue weighted by atomic mass is 35.5. The fourth-order valence-corrected chi connectivity index (χ4v) is 14.4. The summed E-state index contributed by atoms with van der Waals surface area (Å²) in [5.74, 6) is -2.50. The summed E-state index contributed by atoms with van der Waals surface area (Å²) in [6.07, 6.45) is 24.1. The van der Waals surface area contributed by atoms with Crippen molar-refractivity contribution in [1.29, 1.82) is 5.26 Å². The lowest BCUT2D eigenvalue weighted by atomic mass is 9.76. The van der Waals surface area contributed by atoms with Crippen LogP contribution in [0, 0.1) is 52.3 Å². The molecule has 1 aliphatic carbocycles. The Morgan fingerprint density at radius 2 is 0.964 bits per heavy atom. The number of carboxylic acids is 1. The molecule has 13 rings (SSSR count). The predicted molar refractivity (Wildman–Crippen MR) is 435 cm³/mol. The molecule has 2 fully saturated rings. The zero-order valence-electron chi connectivity index (χ0n) is 63.2. The van der Waals surface area contributed by atoms with Crippen LogP contribution in [0.3, 0.4) is 0 Å². The zero-order chi connectivity index (χ0) is 81.1. The molecule has 1 aliphatic heterocycles. The van der Waals surface area contributed by atoms with Gasteiger partial charge in [0.15, 0.2) is 51.6 Å². The number of fused-ring (bicyclic) bond motifs is 3. The summed E-state index contributed by atoms with van der Waals surface area (Å²) in [5, 5.41) is 22.6. The van der Waals surface area contributed by atoms with E-state index in [2.05, 4.69) is 85.8 Å². The zero-order valence-corrected chi connectivity index (χ0v) is 70.3. The molecule has 2 unspecified atom stereocenters. The second-order valence-electron chi connectivity index (χ2n) is 29.5. The summed E-state index contributed by atoms with van der Waals surface area (Å²) < 4.78 is 88.2. The number of nitrogens with zero attached hydrogens (tertiary/aromatic N) is 14. The number of rotatable bonds is 11. The Morgan fingerprint density at radius 3 is 1.38 bits per heavy atom. The van der Waals surface area contributed by atoms with E-state index in [1.165, 1.54) is 47.7 Å². The SMILES string of the molecule is C.CC(C)(C)c1nc(-c2c[nH]c3ncc(Cl)cc23)nc(C[C@H]2CCCC[C@@H]2C(=O)O)c1F.CS(=O)c1nc(-c2c[nH]c3ncc(Cl)cc23)nc(C(C)(C)C)c1F.CSc1nc(-c2c[nH]c3ncc(Cl)cc23)nc(C(C)(C)C)c1F.CSc1nc(Cl)nc(C(C)(C)C)c1F.CSc1nc(Cl)ncc1F.N#CCC1CCCO1. The Balaban J connectivity index is 0.000000194. The standard InChI is InChI=1S/C23H26ClFN4O2.C16H16ClFN4OS.C16H16ClFN4S.C9H12ClFN2S.C6H9NO.C5H4ClFN2S.CH4/c1-23(2,3)19-18(25)17(8-12-6-4-5-7-14(12)22(30)31)28-21(29-19)16-11-27-20-15(16)9-13(24)10-26-20;1-16(2,3)12-11(18)15(24(4)23)22-14(21-12)10-7-20-13-9(10)5-8(17)6-19-13;1-16(2,3)12-11(18)15(23-4)22-14(21-12)10-7-20-13-9(10)5-8(17)6-19-13;1-9(2,3)6-5(11)7(14-4)13-8(10)12-6;7-4-3-6-2-1-5-8-6;1-10-4-3(7)2-8-5(6)9-4;/h9-12,14H,4-8H2,1-3H3,(H,26,27)(H,30,31);5-7H,1-4H3,(H,19,20);5-7H,1-4H3,(H,19,20);1-4H3;6H,1-3,5H2;2H,1H3;1H4/t12-,14+;;;;;;/m1....../s1. The first-order valence-electron chi connectivity index (χ1n) is 34.4. The van der Waals surface area contributed by atoms with Crippen LogP contribution in [0.1, 0.15) is 164 Å². The molecule has 0 aromatic carbocycles. The van der Waals surface area contributed by atoms with Crippen molar-refractivity contribution in [2.45, 2.75) is 190 Å². The molecule has 0 bridgehead atoms. The molecule has 4 N–H and O–H groups in total. The summed E-state index contributed by atoms with van der Waals surface area (Å²) in [5.41, 5.74) is 3.74. The van der Waals surface area contributed by atoms with E-state index in [1.54, 1.807) is 68.0 Å². The Labute approximate surface area is 682 Å². The number of carboxylic acid groups (broad SMARTS) is 1. The molecule has 4 atom stereocenters. The monoisotopic (exact) mass is 1700 g/mol. The number of nitrogens with one attached hydrogen (secondary N) is 3. The van der Waals surface area contributed by atoms with Crippen molar-refractivity contribution in [2.24, 2.45) is 11.8 Å². The Hall–Kier alpha value is -7.31. The second-order valence-corrected chi connectivity index (χ2v) is 35.1. The molecule has 1 saturated carbocycles. The van der Waals surface area contributed by atoms with Crippen LogP contribution in [0.25, 0.3) is 67.3 Å². The van der Waals surface area contributed by atoms with E-state index in [0.29, 0.717) is 101 Å². The Kier molecular flexibility index (Phi) is 32.1. The first-order chi connectivity index (χ1) is 51.7. The van der Waals surface area contributed by atoms with Crippen molar-refractivity contribution in [2.75, 3.05) is 31.6 Å². The van der Waals surface area contributed by atoms with Crippen LogP contribution in [0.4, 0.5) is 22.0 Å². The fraction of sp³-hybridized carbons (Fsp3) is 0.434. The number of thioether (sulfide) groups is 3. The highest BCUT2D eigenvalue weighted by Gasteiger charge is 2.35. The Bertz CT molecular complexity index is 5180. The molecule has 0 spiro atoms. The maximum atomic E-state index is 15.5. The van der Waals surface area contributed by atoms with Crippen LogP contribution < -0.4 is 0 Å². The van der Waals surface area contributed by atoms with Gasteiger partial charge in [0.2, 0.25) is 10.6 Å². The number of ether oxygens (including phenoxy) is 1. The number of carbonyl (C=O) groups is 1. The number of hydrogen-bond acceptors (Lipinski definition) is 20. The number of aliphatic carboxylic acids is 1. The summed E-state index contributed by atoms with van der Waals surface area (Å²) in [4.78, 5) is 75.1. The minimum Gasteiger partial charge on any atom is -0.481 e. The maximum Gasteiger partial charge on any atom is 0.306 e. The quantitative estimate of drug-likeness (QED) is 0.0405. The van der Waals surface area contributed by atoms with E-state index in [-0.39, 0.29) is 74.9 Å². The van der Waals surface area contributed by atoms with Gasteiger partial charge in [-0.2, -0.15) is 5.26 Å². The summed E-state index contributed by atoms with van der Waals surface area (Å²) >= 11 is 33.0. The van der Waals surface area contributed by atoms with Crippen molar-refractivity contribution >= 4 is 143 Å². The molecule has 111 heavy (non-hydrogen) atoms. The van der Waals surface area contributed by atoms with E-state index in [4.69, 9.17) is 68.0 Å². The number of hydrogen-bond donors (Lipinski definition) is 4. The van der Waals surface area contributed by atoms with Gasteiger partial charge in [-0.15, -0.1) is 35.3 Å². The van der Waals surface area contributed by atoms with Crippen molar-refractivity contribution in [1.82, 2.24) is 79.7 Å². The van der Waals surface area contributed by atoms with Crippen LogP contribution in [-0.2, 0) is 48.4 Å². The average Bonchev–Trinajstić information content (AvgIpc) is 1.73. The van der Waals surface area contributed by atoms with Crippen LogP contribution in [0.2, 0.25) is 25.6 Å². The molecule has 11 aromatic rings. The second kappa shape index (κ2) is 39.2. The Morgan fingerprint density at radius 1 is 0.550 bits per heavy atom. The van der Waals surface area contributed by atoms with Crippen LogP contribution in [0.15, 0.2) is 81.7 Å². The molecule has 11 aromatic heterocycles. The lowest BCUT2D eigenvalue weighted by Crippen LogP contribution is -2.29. The van der Waals surface area contributed by atoms with Crippen LogP contribution >= 0.6 is 93.3 Å². The molecule has 0 amide bonds. The molecule has 35 heteroatoms. The van der Waals surface area contributed by atoms with Gasteiger partial charge in [0.05, 0.1) is 85.0 Å². The molecular formula is C76H87Cl5F5N17O4S4. The minimum atomic E-state index is -1.57. The predicted octanol–water partition coefficient (Wildman–Crippen LogP) is 21.2. The molecule has 21 nitrogen and oxygen atoms in total. The molecule has 2 aliphatic rings. The number of halogens is 10. The van der Waals surface area contributed by atoms with E-state index in [1.807, 2.05) is 83.1 Å². The van der Waals surface area contributed by atoms with Crippen molar-refractivity contribution in [3.8, 4) is 40.2 Å². The first kappa shape index (κ1) is 90.9. The van der Waals surface area contributed by atoms with Gasteiger partial charge in [0.1, 0.15) is 32.0 Å². The smallest absolute Gasteiger partial charge is 0.306 e. The van der Waals surface area contributed by atoms with Gasteiger partial charge >= 0.3 is 5.97 Å². The van der Waals surface area contributed by atoms with Crippen LogP contribution in [-0.4, -0.2) is 133 Å². The highest BCUT2D eigenvalue weighted by Crippen LogP contribution is 2.39. The van der Waals surface area contributed by atoms with Crippen LogP contribution in [0.5, 0.6) is 0 Å². The summed E-state index contributed by atoms with van der Waals surface area (Å²) in [7, 11) is -1.57. The number of aromatic nitrogens is 16. The number of H-pyrrole nitrogens is 3. The van der Waals surface area contributed by atoms with Crippen molar-refractivity contribution in [3.63, 3.8) is 0 Å². The van der Waals surface area contributed by atoms with E-state index in [0.717, 1.165) is 66.6 Å². The van der Waals surface area contributed by atoms with E-state index < -0.39 is 56.4 Å². The van der Waals surface area contributed by atoms with Gasteiger partial charge in [0, 0.05) is 105 Å². The van der Waals surface area contributed by atoms with E-state index >= 15 is 4.39 Å². The van der Waals surface area contributed by atoms with Gasteiger partial charge in [-0.25, -0.2) is 86.7 Å². The lowest BCUT2D eigenvalue weighted by molar-refractivity contribution is -0.144. The molecule has 12 heterocycles. The maximum absolute atomic E-state index is 15.5. The third kappa shape index (κ3) is 23.5. The normalized spacial score (nSPS) is 15.3. The molecule has 0 radical (unpaired) electrons. The third-order valence-electron chi connectivity index (χ3n) is 17.0. The minimum absolute atomic E-state index is 0. The number of pyridine rings is 3. The lowest BCUT2D eigenvalue weighted by Gasteiger charge is -2.29. The largest absolute Gasteiger partial charge is 0.481 e. The topological polar surface area (TPSA) is 302 Å². The molecular weight excluding hydrogens is 1620 g/mol. The van der Waals surface area contributed by atoms with Gasteiger partial charge in [-0.1, -0.05) is 138 Å². The van der Waals surface area contributed by atoms with E-state index in [9.17, 15) is 31.7 Å². The van der Waals surface area contributed by atoms with Gasteiger partial charge < -0.3 is 24.8 Å². The summed E-state index contributed by atoms with van der Waals surface area (Å²) in [6.45, 7) is 23.6. The summed E-state index contributed by atoms with van der Waals surface area (Å²) in [6, 6.07) is 7.40. The van der Waals surface area contributed by atoms with Gasteiger partial charge in [-0.05, 0) is 98.2 Å². The van der Waals surface area contributed by atoms with Crippen molar-refractivity contribution in [3.05, 3.63) is 145 Å². The third-order valence-corrected chi connectivity index (χ3v) is 20.7. The van der Waals surface area contributed by atoms with Crippen molar-refractivity contribution < 1.29 is 40.8 Å². The fourth-order valence-electron chi connectivity index (χ4n) is 11.6. The molecule has 594 valence electrons. The average molecular weight is 1700 g/mol. The number of aromatic amines is 3. The molecule has 1 saturated heterocycles. The first-order valence-corrected chi connectivity index (χ1v) is 41.5. The van der Waals surface area contributed by atoms with Gasteiger partial charge in [-0.3, -0.25) is 9.00 Å².